The number of amides is 1. The summed E-state index contributed by atoms with van der Waals surface area (Å²) in [4.78, 5) is 19.0. The molecule has 1 aromatic carbocycles. The molecule has 0 unspecified atom stereocenters. The van der Waals surface area contributed by atoms with E-state index in [1.165, 1.54) is 6.07 Å². The molecule has 5 nitrogen and oxygen atoms in total. The second-order valence-electron chi connectivity index (χ2n) is 7.74. The third-order valence-electron chi connectivity index (χ3n) is 6.05. The fourth-order valence-corrected chi connectivity index (χ4v) is 4.53. The van der Waals surface area contributed by atoms with E-state index in [4.69, 9.17) is 4.74 Å². The lowest BCUT2D eigenvalue weighted by molar-refractivity contribution is -0.131. The summed E-state index contributed by atoms with van der Waals surface area (Å²) in [6, 6.07) is 6.66. The highest BCUT2D eigenvalue weighted by molar-refractivity contribution is 5.88. The Bertz CT molecular complexity index is 923. The molecule has 2 atom stereocenters. The molecule has 1 aromatic heterocycles. The molecule has 1 spiro atoms. The van der Waals surface area contributed by atoms with Crippen LogP contribution in [0.3, 0.4) is 0 Å². The maximum Gasteiger partial charge on any atom is 0.242 e. The van der Waals surface area contributed by atoms with Crippen LogP contribution in [0.2, 0.25) is 0 Å². The molecule has 2 aliphatic heterocycles. The maximum absolute atomic E-state index is 14.6. The second kappa shape index (κ2) is 8.28. The number of benzene rings is 1. The molecule has 1 amide bonds. The topological polar surface area (TPSA) is 54.5 Å². The number of pyridine rings is 1. The van der Waals surface area contributed by atoms with Crippen LogP contribution in [0.25, 0.3) is 11.1 Å². The van der Waals surface area contributed by atoms with Crippen LogP contribution in [0.15, 0.2) is 30.5 Å². The molecule has 0 radical (unpaired) electrons. The fourth-order valence-electron chi connectivity index (χ4n) is 4.53. The Labute approximate surface area is 177 Å². The van der Waals surface area contributed by atoms with Crippen LogP contribution >= 0.6 is 12.4 Å². The van der Waals surface area contributed by atoms with Crippen molar-refractivity contribution >= 4 is 18.3 Å². The first-order chi connectivity index (χ1) is 13.4. The third kappa shape index (κ3) is 3.71. The largest absolute Gasteiger partial charge is 0.494 e. The van der Waals surface area contributed by atoms with Crippen molar-refractivity contribution in [2.75, 3.05) is 20.2 Å². The van der Waals surface area contributed by atoms with Gasteiger partial charge in [-0.05, 0) is 68.5 Å². The average Bonchev–Trinajstić information content (AvgIpc) is 3.24. The zero-order chi connectivity index (χ0) is 19.9. The second-order valence-corrected chi connectivity index (χ2v) is 7.74. The highest BCUT2D eigenvalue weighted by Gasteiger charge is 2.50. The van der Waals surface area contributed by atoms with Gasteiger partial charge in [0.15, 0.2) is 0 Å². The van der Waals surface area contributed by atoms with E-state index < -0.39 is 5.54 Å². The summed E-state index contributed by atoms with van der Waals surface area (Å²) in [5.74, 6) is 0.528. The van der Waals surface area contributed by atoms with Gasteiger partial charge in [0, 0.05) is 25.4 Å². The number of likely N-dealkylation sites (N-methyl/N-ethyl adjacent to an activating group) is 1. The molecule has 2 saturated heterocycles. The predicted molar refractivity (Wildman–Crippen MR) is 113 cm³/mol. The van der Waals surface area contributed by atoms with Gasteiger partial charge in [-0.2, -0.15) is 0 Å². The summed E-state index contributed by atoms with van der Waals surface area (Å²) in [7, 11) is 1.85. The van der Waals surface area contributed by atoms with E-state index in [-0.39, 0.29) is 30.2 Å². The first kappa shape index (κ1) is 21.5. The van der Waals surface area contributed by atoms with Crippen LogP contribution in [-0.2, 0) is 4.79 Å². The third-order valence-corrected chi connectivity index (χ3v) is 6.05. The number of ether oxygens (including phenoxy) is 1. The summed E-state index contributed by atoms with van der Waals surface area (Å²) in [5, 5.41) is 3.56. The standard InChI is InChI=1S/C22H26FN3O2.ClH/c1-4-28-15-5-6-18(23)17(13-15)16-8-11-24-20(14(16)2)19-7-9-22(25-19)10-12-26(3)21(22)27;/h5-6,8,11,13,19,25H,4,7,9-10,12H2,1-3H3;1H/t19-,22+;/m0./s1. The number of carbonyl (C=O) groups is 1. The van der Waals surface area contributed by atoms with Gasteiger partial charge in [-0.25, -0.2) is 4.39 Å². The zero-order valence-electron chi connectivity index (χ0n) is 17.0. The molecule has 156 valence electrons. The van der Waals surface area contributed by atoms with Crippen LogP contribution in [-0.4, -0.2) is 41.5 Å². The minimum Gasteiger partial charge on any atom is -0.494 e. The lowest BCUT2D eigenvalue weighted by Crippen LogP contribution is -2.47. The van der Waals surface area contributed by atoms with Crippen LogP contribution in [0, 0.1) is 12.7 Å². The van der Waals surface area contributed by atoms with Crippen molar-refractivity contribution in [3.8, 4) is 16.9 Å². The molecule has 0 bridgehead atoms. The quantitative estimate of drug-likeness (QED) is 0.812. The summed E-state index contributed by atoms with van der Waals surface area (Å²) >= 11 is 0. The van der Waals surface area contributed by atoms with E-state index in [9.17, 15) is 9.18 Å². The van der Waals surface area contributed by atoms with E-state index in [2.05, 4.69) is 10.3 Å². The zero-order valence-corrected chi connectivity index (χ0v) is 17.8. The Balaban J connectivity index is 0.00000240. The first-order valence-corrected chi connectivity index (χ1v) is 9.86. The van der Waals surface area contributed by atoms with Gasteiger partial charge < -0.3 is 9.64 Å². The molecule has 29 heavy (non-hydrogen) atoms. The van der Waals surface area contributed by atoms with Gasteiger partial charge in [-0.15, -0.1) is 12.4 Å². The Kier molecular flexibility index (Phi) is 6.15. The van der Waals surface area contributed by atoms with Crippen molar-refractivity contribution in [3.05, 3.63) is 47.5 Å². The fraction of sp³-hybridized carbons (Fsp3) is 0.455. The first-order valence-electron chi connectivity index (χ1n) is 9.86. The highest BCUT2D eigenvalue weighted by Crippen LogP contribution is 2.41. The Morgan fingerprint density at radius 1 is 1.31 bits per heavy atom. The van der Waals surface area contributed by atoms with Crippen LogP contribution < -0.4 is 10.1 Å². The molecule has 3 heterocycles. The molecule has 7 heteroatoms. The molecule has 4 rings (SSSR count). The van der Waals surface area contributed by atoms with Crippen molar-refractivity contribution in [2.45, 2.75) is 44.7 Å². The molecule has 2 fully saturated rings. The maximum atomic E-state index is 14.6. The number of likely N-dealkylation sites (tertiary alicyclic amines) is 1. The lowest BCUT2D eigenvalue weighted by atomic mass is 9.95. The van der Waals surface area contributed by atoms with Crippen LogP contribution in [0.4, 0.5) is 4.39 Å². The number of hydrogen-bond acceptors (Lipinski definition) is 4. The molecule has 2 aliphatic rings. The van der Waals surface area contributed by atoms with Crippen LogP contribution in [0.1, 0.15) is 43.5 Å². The number of aromatic nitrogens is 1. The average molecular weight is 420 g/mol. The molecular weight excluding hydrogens is 393 g/mol. The van der Waals surface area contributed by atoms with Gasteiger partial charge in [0.2, 0.25) is 5.91 Å². The van der Waals surface area contributed by atoms with Crippen molar-refractivity contribution < 1.29 is 13.9 Å². The molecule has 1 N–H and O–H groups in total. The minimum atomic E-state index is -0.469. The van der Waals surface area contributed by atoms with E-state index in [0.29, 0.717) is 17.9 Å². The molecule has 2 aromatic rings. The minimum absolute atomic E-state index is 0. The Morgan fingerprint density at radius 3 is 2.79 bits per heavy atom. The normalized spacial score (nSPS) is 23.5. The smallest absolute Gasteiger partial charge is 0.242 e. The lowest BCUT2D eigenvalue weighted by Gasteiger charge is -2.24. The predicted octanol–water partition coefficient (Wildman–Crippen LogP) is 4.04. The van der Waals surface area contributed by atoms with E-state index >= 15 is 0 Å². The van der Waals surface area contributed by atoms with Gasteiger partial charge in [0.1, 0.15) is 17.1 Å². The van der Waals surface area contributed by atoms with Crippen molar-refractivity contribution in [3.63, 3.8) is 0 Å². The van der Waals surface area contributed by atoms with Gasteiger partial charge in [-0.3, -0.25) is 15.1 Å². The number of hydrogen-bond donors (Lipinski definition) is 1. The van der Waals surface area contributed by atoms with Gasteiger partial charge >= 0.3 is 0 Å². The number of rotatable bonds is 4. The number of halogens is 2. The Morgan fingerprint density at radius 2 is 2.10 bits per heavy atom. The van der Waals surface area contributed by atoms with E-state index in [1.807, 2.05) is 27.0 Å². The van der Waals surface area contributed by atoms with Crippen LogP contribution in [0.5, 0.6) is 5.75 Å². The van der Waals surface area contributed by atoms with Crippen molar-refractivity contribution in [1.29, 1.82) is 0 Å². The Hall–Kier alpha value is -2.18. The molecular formula is C22H27ClFN3O2. The summed E-state index contributed by atoms with van der Waals surface area (Å²) in [5.41, 5.74) is 2.67. The van der Waals surface area contributed by atoms with Gasteiger partial charge in [0.05, 0.1) is 18.3 Å². The summed E-state index contributed by atoms with van der Waals surface area (Å²) in [6.07, 6.45) is 4.20. The number of carbonyl (C=O) groups excluding carboxylic acids is 1. The summed E-state index contributed by atoms with van der Waals surface area (Å²) in [6.45, 7) is 5.19. The van der Waals surface area contributed by atoms with E-state index in [1.54, 1.807) is 23.2 Å². The van der Waals surface area contributed by atoms with Gasteiger partial charge in [-0.1, -0.05) is 0 Å². The highest BCUT2D eigenvalue weighted by atomic mass is 35.5. The molecule has 0 aliphatic carbocycles. The SMILES string of the molecule is CCOc1ccc(F)c(-c2ccnc([C@@H]3CC[C@]4(CCN(C)C4=O)N3)c2C)c1.Cl. The van der Waals surface area contributed by atoms with Crippen molar-refractivity contribution in [1.82, 2.24) is 15.2 Å². The molecule has 0 saturated carbocycles. The van der Waals surface area contributed by atoms with E-state index in [0.717, 1.165) is 42.6 Å². The number of nitrogens with one attached hydrogen (secondary N) is 1. The monoisotopic (exact) mass is 419 g/mol. The van der Waals surface area contributed by atoms with Gasteiger partial charge in [0.25, 0.3) is 0 Å². The summed E-state index contributed by atoms with van der Waals surface area (Å²) < 4.78 is 20.1. The van der Waals surface area contributed by atoms with Crippen molar-refractivity contribution in [2.24, 2.45) is 0 Å². The number of nitrogens with zero attached hydrogens (tertiary/aromatic N) is 2.